The number of hydrazine groups is 1. The molecule has 2 amide bonds. The van der Waals surface area contributed by atoms with Gasteiger partial charge in [-0.25, -0.2) is 0 Å². The van der Waals surface area contributed by atoms with Crippen molar-refractivity contribution in [3.8, 4) is 0 Å². The van der Waals surface area contributed by atoms with Crippen molar-refractivity contribution in [2.24, 2.45) is 0 Å². The van der Waals surface area contributed by atoms with Crippen LogP contribution in [-0.2, 0) is 9.59 Å². The molecule has 8 heteroatoms. The van der Waals surface area contributed by atoms with E-state index in [1.165, 1.54) is 24.3 Å². The number of carbonyl (C=O) groups is 2. The lowest BCUT2D eigenvalue weighted by atomic mass is 10.2. The highest BCUT2D eigenvalue weighted by Gasteiger charge is 2.04. The van der Waals surface area contributed by atoms with Crippen LogP contribution >= 0.6 is 46.4 Å². The normalized spacial score (nSPS) is 11.1. The summed E-state index contributed by atoms with van der Waals surface area (Å²) in [6, 6.07) is 9.99. The molecular formula is C18H12Cl4N2O2. The minimum absolute atomic E-state index is 0.408. The first-order valence-corrected chi connectivity index (χ1v) is 8.74. The smallest absolute Gasteiger partial charge is 0.262 e. The Morgan fingerprint density at radius 2 is 0.962 bits per heavy atom. The molecule has 0 aliphatic rings. The van der Waals surface area contributed by atoms with Gasteiger partial charge in [0.1, 0.15) is 0 Å². The molecule has 2 N–H and O–H groups in total. The van der Waals surface area contributed by atoms with E-state index >= 15 is 0 Å². The highest BCUT2D eigenvalue weighted by atomic mass is 35.5. The molecule has 0 aromatic heterocycles. The quantitative estimate of drug-likeness (QED) is 0.520. The number of halogens is 4. The number of carbonyl (C=O) groups excluding carboxylic acids is 2. The molecular weight excluding hydrogens is 418 g/mol. The molecule has 2 rings (SSSR count). The molecule has 0 spiro atoms. The fourth-order valence-electron chi connectivity index (χ4n) is 1.86. The molecule has 0 aliphatic carbocycles. The van der Waals surface area contributed by atoms with Gasteiger partial charge in [0.25, 0.3) is 11.8 Å². The maximum atomic E-state index is 11.8. The van der Waals surface area contributed by atoms with E-state index in [1.807, 2.05) is 0 Å². The molecule has 0 unspecified atom stereocenters. The molecule has 2 aromatic rings. The number of hydrogen-bond acceptors (Lipinski definition) is 2. The lowest BCUT2D eigenvalue weighted by molar-refractivity contribution is -0.123. The Hall–Kier alpha value is -1.98. The summed E-state index contributed by atoms with van der Waals surface area (Å²) in [7, 11) is 0. The summed E-state index contributed by atoms with van der Waals surface area (Å²) in [4.78, 5) is 23.5. The van der Waals surface area contributed by atoms with Gasteiger partial charge in [0.2, 0.25) is 0 Å². The molecule has 0 aliphatic heterocycles. The molecule has 0 atom stereocenters. The molecule has 0 saturated carbocycles. The predicted octanol–water partition coefficient (Wildman–Crippen LogP) is 5.17. The Labute approximate surface area is 170 Å². The fraction of sp³-hybridized carbons (Fsp3) is 0. The summed E-state index contributed by atoms with van der Waals surface area (Å²) in [6.45, 7) is 0. The summed E-state index contributed by atoms with van der Waals surface area (Å²) in [5.41, 5.74) is 5.47. The number of benzene rings is 2. The van der Waals surface area contributed by atoms with Crippen LogP contribution in [0.3, 0.4) is 0 Å². The molecule has 0 saturated heterocycles. The van der Waals surface area contributed by atoms with Gasteiger partial charge in [0, 0.05) is 43.4 Å². The maximum absolute atomic E-state index is 11.8. The van der Waals surface area contributed by atoms with E-state index in [0.717, 1.165) is 0 Å². The van der Waals surface area contributed by atoms with Crippen LogP contribution in [0.1, 0.15) is 11.1 Å². The van der Waals surface area contributed by atoms with E-state index in [2.05, 4.69) is 10.9 Å². The molecule has 134 valence electrons. The molecule has 0 radical (unpaired) electrons. The number of rotatable bonds is 4. The van der Waals surface area contributed by atoms with Crippen LogP contribution in [-0.4, -0.2) is 11.8 Å². The van der Waals surface area contributed by atoms with E-state index in [9.17, 15) is 9.59 Å². The van der Waals surface area contributed by atoms with Gasteiger partial charge in [0.15, 0.2) is 0 Å². The number of hydrogen-bond donors (Lipinski definition) is 2. The molecule has 0 bridgehead atoms. The van der Waals surface area contributed by atoms with Crippen LogP contribution in [0.2, 0.25) is 20.1 Å². The van der Waals surface area contributed by atoms with Crippen LogP contribution in [0.4, 0.5) is 0 Å². The monoisotopic (exact) mass is 428 g/mol. The van der Waals surface area contributed by atoms with E-state index in [4.69, 9.17) is 46.4 Å². The van der Waals surface area contributed by atoms with Crippen LogP contribution in [0.25, 0.3) is 12.2 Å². The van der Waals surface area contributed by atoms with E-state index in [0.29, 0.717) is 31.2 Å². The molecule has 0 heterocycles. The van der Waals surface area contributed by atoms with E-state index in [1.54, 1.807) is 36.4 Å². The van der Waals surface area contributed by atoms with Crippen LogP contribution < -0.4 is 10.9 Å². The zero-order valence-electron chi connectivity index (χ0n) is 13.1. The van der Waals surface area contributed by atoms with Crippen molar-refractivity contribution in [2.45, 2.75) is 0 Å². The highest BCUT2D eigenvalue weighted by molar-refractivity contribution is 6.37. The second-order valence-corrected chi connectivity index (χ2v) is 6.54. The van der Waals surface area contributed by atoms with Crippen molar-refractivity contribution in [1.29, 1.82) is 0 Å². The first-order valence-electron chi connectivity index (χ1n) is 7.22. The van der Waals surface area contributed by atoms with Gasteiger partial charge in [-0.05, 0) is 36.4 Å². The van der Waals surface area contributed by atoms with Gasteiger partial charge in [-0.3, -0.25) is 20.4 Å². The third kappa shape index (κ3) is 5.78. The minimum atomic E-state index is -0.557. The lowest BCUT2D eigenvalue weighted by Crippen LogP contribution is -2.39. The van der Waals surface area contributed by atoms with Crippen LogP contribution in [0.5, 0.6) is 0 Å². The SMILES string of the molecule is O=C(/C=C/c1c(Cl)cccc1Cl)NNC(=O)/C=C/c1c(Cl)cccc1Cl. The van der Waals surface area contributed by atoms with E-state index < -0.39 is 11.8 Å². The largest absolute Gasteiger partial charge is 0.268 e. The Kier molecular flexibility index (Phi) is 7.54. The first-order chi connectivity index (χ1) is 12.4. The topological polar surface area (TPSA) is 58.2 Å². The van der Waals surface area contributed by atoms with Crippen molar-refractivity contribution in [3.05, 3.63) is 79.8 Å². The Balaban J connectivity index is 1.92. The second kappa shape index (κ2) is 9.64. The van der Waals surface area contributed by atoms with Crippen molar-refractivity contribution in [2.75, 3.05) is 0 Å². The van der Waals surface area contributed by atoms with E-state index in [-0.39, 0.29) is 0 Å². The molecule has 2 aromatic carbocycles. The Morgan fingerprint density at radius 3 is 1.27 bits per heavy atom. The average molecular weight is 430 g/mol. The van der Waals surface area contributed by atoms with Gasteiger partial charge in [-0.2, -0.15) is 0 Å². The zero-order chi connectivity index (χ0) is 19.1. The van der Waals surface area contributed by atoms with Crippen molar-refractivity contribution >= 4 is 70.4 Å². The number of amides is 2. The maximum Gasteiger partial charge on any atom is 0.262 e. The van der Waals surface area contributed by atoms with Gasteiger partial charge in [0.05, 0.1) is 0 Å². The van der Waals surface area contributed by atoms with Crippen LogP contribution in [0.15, 0.2) is 48.6 Å². The number of nitrogens with one attached hydrogen (secondary N) is 2. The standard InChI is InChI=1S/C18H12Cl4N2O2/c19-13-3-1-4-14(20)11(13)7-9-17(25)23-24-18(26)10-8-12-15(21)5-2-6-16(12)22/h1-10H,(H,23,25)(H,24,26)/b9-7+,10-8+. The third-order valence-electron chi connectivity index (χ3n) is 3.11. The zero-order valence-corrected chi connectivity index (χ0v) is 16.1. The lowest BCUT2D eigenvalue weighted by Gasteiger charge is -2.04. The van der Waals surface area contributed by atoms with Crippen LogP contribution in [0, 0.1) is 0 Å². The second-order valence-electron chi connectivity index (χ2n) is 4.92. The van der Waals surface area contributed by atoms with Gasteiger partial charge >= 0.3 is 0 Å². The fourth-order valence-corrected chi connectivity index (χ4v) is 2.91. The first kappa shape index (κ1) is 20.3. The molecule has 4 nitrogen and oxygen atoms in total. The summed E-state index contributed by atoms with van der Waals surface area (Å²) >= 11 is 24.0. The summed E-state index contributed by atoms with van der Waals surface area (Å²) < 4.78 is 0. The highest BCUT2D eigenvalue weighted by Crippen LogP contribution is 2.26. The summed E-state index contributed by atoms with van der Waals surface area (Å²) in [6.07, 6.45) is 5.29. The van der Waals surface area contributed by atoms with Gasteiger partial charge in [-0.15, -0.1) is 0 Å². The molecule has 0 fully saturated rings. The van der Waals surface area contributed by atoms with Gasteiger partial charge in [-0.1, -0.05) is 58.5 Å². The van der Waals surface area contributed by atoms with Crippen molar-refractivity contribution in [1.82, 2.24) is 10.9 Å². The van der Waals surface area contributed by atoms with Gasteiger partial charge < -0.3 is 0 Å². The summed E-state index contributed by atoms with van der Waals surface area (Å²) in [5, 5.41) is 1.63. The summed E-state index contributed by atoms with van der Waals surface area (Å²) in [5.74, 6) is -1.11. The predicted molar refractivity (Wildman–Crippen MR) is 107 cm³/mol. The molecule has 26 heavy (non-hydrogen) atoms. The Morgan fingerprint density at radius 1 is 0.654 bits per heavy atom. The average Bonchev–Trinajstić information content (AvgIpc) is 2.59. The van der Waals surface area contributed by atoms with Crippen molar-refractivity contribution in [3.63, 3.8) is 0 Å². The third-order valence-corrected chi connectivity index (χ3v) is 4.43. The van der Waals surface area contributed by atoms with Crippen molar-refractivity contribution < 1.29 is 9.59 Å². The minimum Gasteiger partial charge on any atom is -0.268 e. The Bertz CT molecular complexity index is 781.